The van der Waals surface area contributed by atoms with Gasteiger partial charge in [0.25, 0.3) is 11.8 Å². The van der Waals surface area contributed by atoms with Gasteiger partial charge < -0.3 is 30.0 Å². The lowest BCUT2D eigenvalue weighted by molar-refractivity contribution is -0.119. The Morgan fingerprint density at radius 3 is 2.76 bits per heavy atom. The number of H-pyrrole nitrogens is 1. The summed E-state index contributed by atoms with van der Waals surface area (Å²) in [6.07, 6.45) is 2.35. The minimum atomic E-state index is -0.667. The van der Waals surface area contributed by atoms with E-state index in [1.165, 1.54) is 19.2 Å². The van der Waals surface area contributed by atoms with E-state index in [2.05, 4.69) is 20.5 Å². The summed E-state index contributed by atoms with van der Waals surface area (Å²) < 4.78 is 24.9. The quantitative estimate of drug-likeness (QED) is 0.489. The first-order valence-corrected chi connectivity index (χ1v) is 12.3. The lowest BCUT2D eigenvalue weighted by atomic mass is 10.0. The van der Waals surface area contributed by atoms with Crippen molar-refractivity contribution in [3.63, 3.8) is 0 Å². The van der Waals surface area contributed by atoms with E-state index in [1.807, 2.05) is 11.8 Å². The predicted molar refractivity (Wildman–Crippen MR) is 136 cm³/mol. The van der Waals surface area contributed by atoms with Gasteiger partial charge in [-0.3, -0.25) is 19.3 Å². The smallest absolute Gasteiger partial charge is 0.256 e. The Hall–Kier alpha value is -3.54. The highest BCUT2D eigenvalue weighted by atomic mass is 19.1. The van der Waals surface area contributed by atoms with E-state index < -0.39 is 11.7 Å². The number of carbonyl (C=O) groups excluding carboxylic acids is 3. The van der Waals surface area contributed by atoms with Gasteiger partial charge in [0.05, 0.1) is 35.7 Å². The van der Waals surface area contributed by atoms with Crippen molar-refractivity contribution in [3.05, 3.63) is 46.0 Å². The maximum Gasteiger partial charge on any atom is 0.256 e. The number of hydrogen-bond donors (Lipinski definition) is 3. The van der Waals surface area contributed by atoms with Crippen molar-refractivity contribution in [3.8, 4) is 0 Å². The Morgan fingerprint density at radius 1 is 1.22 bits per heavy atom. The number of benzene rings is 1. The molecule has 1 aromatic carbocycles. The number of halogens is 1. The van der Waals surface area contributed by atoms with Crippen LogP contribution in [0.25, 0.3) is 11.6 Å². The molecule has 2 aromatic rings. The fraction of sp³-hybridized carbons (Fsp3) is 0.423. The minimum absolute atomic E-state index is 0.0216. The highest BCUT2D eigenvalue weighted by Crippen LogP contribution is 2.37. The number of nitrogens with one attached hydrogen (secondary N) is 3. The molecule has 37 heavy (non-hydrogen) atoms. The van der Waals surface area contributed by atoms with Crippen LogP contribution < -0.4 is 10.6 Å². The summed E-state index contributed by atoms with van der Waals surface area (Å²) in [6.45, 7) is 6.91. The molecular formula is C26H30FN5O5. The first-order valence-electron chi connectivity index (χ1n) is 12.3. The van der Waals surface area contributed by atoms with Crippen LogP contribution in [0.3, 0.4) is 0 Å². The SMILES string of the molecule is COCC(=O)Nc1cc2c(cc1F)/C(=C\c1[nH]c3c(c1C)C(=O)N(CCN1CCOCC1)CC3)C(=O)N2. The van der Waals surface area contributed by atoms with Gasteiger partial charge in [-0.25, -0.2) is 4.39 Å². The third-order valence-corrected chi connectivity index (χ3v) is 7.02. The minimum Gasteiger partial charge on any atom is -0.379 e. The number of ether oxygens (including phenoxy) is 2. The second-order valence-corrected chi connectivity index (χ2v) is 9.38. The van der Waals surface area contributed by atoms with Crippen LogP contribution in [-0.2, 0) is 25.5 Å². The molecule has 1 aromatic heterocycles. The maximum absolute atomic E-state index is 14.8. The van der Waals surface area contributed by atoms with Gasteiger partial charge in [-0.1, -0.05) is 0 Å². The highest BCUT2D eigenvalue weighted by Gasteiger charge is 2.31. The van der Waals surface area contributed by atoms with Crippen molar-refractivity contribution in [1.29, 1.82) is 0 Å². The molecule has 196 valence electrons. The number of morpholine rings is 1. The summed E-state index contributed by atoms with van der Waals surface area (Å²) in [6, 6.07) is 2.61. The van der Waals surface area contributed by atoms with Gasteiger partial charge in [-0.2, -0.15) is 0 Å². The monoisotopic (exact) mass is 511 g/mol. The third-order valence-electron chi connectivity index (χ3n) is 7.02. The molecule has 4 heterocycles. The summed E-state index contributed by atoms with van der Waals surface area (Å²) >= 11 is 0. The van der Waals surface area contributed by atoms with Crippen LogP contribution in [0.5, 0.6) is 0 Å². The van der Waals surface area contributed by atoms with Gasteiger partial charge in [0.1, 0.15) is 12.4 Å². The molecular weight excluding hydrogens is 481 g/mol. The number of carbonyl (C=O) groups is 3. The van der Waals surface area contributed by atoms with Crippen LogP contribution in [-0.4, -0.2) is 92.2 Å². The van der Waals surface area contributed by atoms with Crippen molar-refractivity contribution >= 4 is 40.7 Å². The molecule has 11 heteroatoms. The second kappa shape index (κ2) is 10.4. The van der Waals surface area contributed by atoms with Gasteiger partial charge >= 0.3 is 0 Å². The normalized spacial score (nSPS) is 18.7. The van der Waals surface area contributed by atoms with Crippen molar-refractivity contribution < 1.29 is 28.2 Å². The van der Waals surface area contributed by atoms with Crippen LogP contribution in [0.2, 0.25) is 0 Å². The fourth-order valence-corrected chi connectivity index (χ4v) is 5.02. The number of methoxy groups -OCH3 is 1. The molecule has 0 unspecified atom stereocenters. The molecule has 0 radical (unpaired) electrons. The van der Waals surface area contributed by atoms with E-state index in [0.29, 0.717) is 42.0 Å². The van der Waals surface area contributed by atoms with E-state index in [9.17, 15) is 18.8 Å². The molecule has 1 saturated heterocycles. The number of fused-ring (bicyclic) bond motifs is 2. The lowest BCUT2D eigenvalue weighted by Gasteiger charge is -2.32. The molecule has 0 atom stereocenters. The van der Waals surface area contributed by atoms with E-state index >= 15 is 0 Å². The second-order valence-electron chi connectivity index (χ2n) is 9.38. The summed E-state index contributed by atoms with van der Waals surface area (Å²) in [4.78, 5) is 45.4. The van der Waals surface area contributed by atoms with Crippen LogP contribution in [0, 0.1) is 12.7 Å². The van der Waals surface area contributed by atoms with Gasteiger partial charge in [0.2, 0.25) is 5.91 Å². The largest absolute Gasteiger partial charge is 0.379 e. The van der Waals surface area contributed by atoms with E-state index in [-0.39, 0.29) is 29.7 Å². The van der Waals surface area contributed by atoms with Gasteiger partial charge in [0.15, 0.2) is 0 Å². The first-order chi connectivity index (χ1) is 17.9. The molecule has 3 aliphatic heterocycles. The molecule has 0 spiro atoms. The summed E-state index contributed by atoms with van der Waals surface area (Å²) in [5.41, 5.74) is 3.90. The maximum atomic E-state index is 14.8. The zero-order valence-corrected chi connectivity index (χ0v) is 20.9. The topological polar surface area (TPSA) is 116 Å². The molecule has 10 nitrogen and oxygen atoms in total. The Bertz CT molecular complexity index is 1280. The number of anilines is 2. The first kappa shape index (κ1) is 25.1. The summed E-state index contributed by atoms with van der Waals surface area (Å²) in [5, 5.41) is 5.16. The van der Waals surface area contributed by atoms with E-state index in [0.717, 1.165) is 44.1 Å². The summed E-state index contributed by atoms with van der Waals surface area (Å²) in [7, 11) is 1.37. The number of nitrogens with zero attached hydrogens (tertiary/aromatic N) is 2. The van der Waals surface area contributed by atoms with Crippen LogP contribution in [0.15, 0.2) is 12.1 Å². The molecule has 0 bridgehead atoms. The van der Waals surface area contributed by atoms with Crippen molar-refractivity contribution in [1.82, 2.24) is 14.8 Å². The molecule has 0 aliphatic carbocycles. The van der Waals surface area contributed by atoms with Crippen LogP contribution in [0.4, 0.5) is 15.8 Å². The van der Waals surface area contributed by atoms with Gasteiger partial charge in [-0.05, 0) is 30.7 Å². The number of hydrogen-bond acceptors (Lipinski definition) is 6. The molecule has 1 fully saturated rings. The van der Waals surface area contributed by atoms with Crippen molar-refractivity contribution in [2.24, 2.45) is 0 Å². The molecule has 0 saturated carbocycles. The number of rotatable bonds is 7. The van der Waals surface area contributed by atoms with Crippen LogP contribution >= 0.6 is 0 Å². The predicted octanol–water partition coefficient (Wildman–Crippen LogP) is 1.87. The van der Waals surface area contributed by atoms with E-state index in [1.54, 1.807) is 6.08 Å². The summed E-state index contributed by atoms with van der Waals surface area (Å²) in [5.74, 6) is -1.58. The molecule has 5 rings (SSSR count). The Balaban J connectivity index is 1.37. The van der Waals surface area contributed by atoms with Crippen molar-refractivity contribution in [2.75, 3.05) is 70.3 Å². The van der Waals surface area contributed by atoms with Crippen LogP contribution in [0.1, 0.15) is 32.9 Å². The zero-order chi connectivity index (χ0) is 26.1. The van der Waals surface area contributed by atoms with Gasteiger partial charge in [-0.15, -0.1) is 0 Å². The zero-order valence-electron chi connectivity index (χ0n) is 20.9. The highest BCUT2D eigenvalue weighted by molar-refractivity contribution is 6.35. The molecule has 3 aliphatic rings. The standard InChI is InChI=1S/C26H30FN5O5/c1-15-20(28-19-3-4-32(26(35)24(15)19)6-5-31-7-9-37-10-8-31)12-17-16-11-18(27)22(29-23(33)14-36-2)13-21(16)30-25(17)34/h11-13,28H,3-10,14H2,1-2H3,(H,29,33)(H,30,34)/b17-12+. The Kier molecular flexibility index (Phi) is 7.09. The number of aromatic amines is 1. The Labute approximate surface area is 213 Å². The average molecular weight is 512 g/mol. The molecule has 3 N–H and O–H groups in total. The molecule has 3 amide bonds. The lowest BCUT2D eigenvalue weighted by Crippen LogP contribution is -2.45. The number of amides is 3. The fourth-order valence-electron chi connectivity index (χ4n) is 5.02. The van der Waals surface area contributed by atoms with Crippen molar-refractivity contribution in [2.45, 2.75) is 13.3 Å². The number of aromatic nitrogens is 1. The van der Waals surface area contributed by atoms with Gasteiger partial charge in [0, 0.05) is 63.2 Å². The van der Waals surface area contributed by atoms with E-state index in [4.69, 9.17) is 9.47 Å². The average Bonchev–Trinajstić information content (AvgIpc) is 3.35. The Morgan fingerprint density at radius 2 is 2.00 bits per heavy atom. The third kappa shape index (κ3) is 5.02.